The monoisotopic (exact) mass is 148 g/mol. The summed E-state index contributed by atoms with van der Waals surface area (Å²) in [4.78, 5) is 0. The Hall–Kier alpha value is -0.780. The van der Waals surface area contributed by atoms with Crippen molar-refractivity contribution in [3.8, 4) is 0 Å². The van der Waals surface area contributed by atoms with Gasteiger partial charge in [0, 0.05) is 0 Å². The van der Waals surface area contributed by atoms with Gasteiger partial charge in [0.2, 0.25) is 0 Å². The lowest BCUT2D eigenvalue weighted by atomic mass is 9.97. The summed E-state index contributed by atoms with van der Waals surface area (Å²) in [5.41, 5.74) is 1.47. The molecular weight excluding hydrogens is 132 g/mol. The van der Waals surface area contributed by atoms with E-state index in [0.717, 1.165) is 5.92 Å². The van der Waals surface area contributed by atoms with Crippen LogP contribution in [-0.2, 0) is 0 Å². The first-order chi connectivity index (χ1) is 5.34. The van der Waals surface area contributed by atoms with Crippen molar-refractivity contribution in [3.63, 3.8) is 0 Å². The van der Waals surface area contributed by atoms with E-state index >= 15 is 0 Å². The van der Waals surface area contributed by atoms with Crippen LogP contribution < -0.4 is 0 Å². The molecule has 0 aromatic heterocycles. The van der Waals surface area contributed by atoms with Crippen LogP contribution in [0.2, 0.25) is 0 Å². The molecule has 0 heteroatoms. The normalized spacial score (nSPS) is 12.9. The highest BCUT2D eigenvalue weighted by Crippen LogP contribution is 2.19. The molecule has 0 aliphatic carbocycles. The van der Waals surface area contributed by atoms with Crippen LogP contribution in [0.15, 0.2) is 30.3 Å². The van der Waals surface area contributed by atoms with Crippen molar-refractivity contribution in [2.24, 2.45) is 0 Å². The topological polar surface area (TPSA) is 0 Å². The van der Waals surface area contributed by atoms with Gasteiger partial charge in [-0.15, -0.1) is 0 Å². The first kappa shape index (κ1) is 8.32. The molecule has 1 rings (SSSR count). The molecule has 0 nitrogen and oxygen atoms in total. The summed E-state index contributed by atoms with van der Waals surface area (Å²) >= 11 is 0. The van der Waals surface area contributed by atoms with Crippen molar-refractivity contribution in [1.29, 1.82) is 0 Å². The van der Waals surface area contributed by atoms with Gasteiger partial charge in [-0.2, -0.15) is 0 Å². The standard InChI is InChI=1S/C11H16/c1-3-7-10(2)11-8-5-4-6-9-11/h4-6,8-10H,3,7H2,1-2H3/t10-/m1/s1. The Morgan fingerprint density at radius 1 is 1.18 bits per heavy atom. The smallest absolute Gasteiger partial charge is 0.0190 e. The molecule has 11 heavy (non-hydrogen) atoms. The summed E-state index contributed by atoms with van der Waals surface area (Å²) in [5, 5.41) is 0. The fourth-order valence-electron chi connectivity index (χ4n) is 1.38. The van der Waals surface area contributed by atoms with Gasteiger partial charge in [-0.3, -0.25) is 0 Å². The Morgan fingerprint density at radius 3 is 2.36 bits per heavy atom. The predicted molar refractivity (Wildman–Crippen MR) is 49.8 cm³/mol. The Bertz CT molecular complexity index is 188. The highest BCUT2D eigenvalue weighted by molar-refractivity contribution is 5.18. The molecule has 0 N–H and O–H groups in total. The zero-order valence-electron chi connectivity index (χ0n) is 7.38. The van der Waals surface area contributed by atoms with E-state index in [4.69, 9.17) is 0 Å². The molecule has 0 unspecified atom stereocenters. The lowest BCUT2D eigenvalue weighted by Gasteiger charge is -2.08. The summed E-state index contributed by atoms with van der Waals surface area (Å²) in [6.07, 6.45) is 2.57. The second-order valence-electron chi connectivity index (χ2n) is 3.10. The predicted octanol–water partition coefficient (Wildman–Crippen LogP) is 3.59. The van der Waals surface area contributed by atoms with Gasteiger partial charge in [0.15, 0.2) is 0 Å². The second-order valence-corrected chi connectivity index (χ2v) is 3.10. The minimum Gasteiger partial charge on any atom is -0.0654 e. The molecule has 0 heterocycles. The van der Waals surface area contributed by atoms with Gasteiger partial charge in [0.25, 0.3) is 0 Å². The molecule has 60 valence electrons. The summed E-state index contributed by atoms with van der Waals surface area (Å²) in [5.74, 6) is 0.723. The van der Waals surface area contributed by atoms with Crippen molar-refractivity contribution in [2.45, 2.75) is 32.6 Å². The van der Waals surface area contributed by atoms with E-state index in [1.807, 2.05) is 0 Å². The van der Waals surface area contributed by atoms with Crippen LogP contribution >= 0.6 is 0 Å². The van der Waals surface area contributed by atoms with Crippen LogP contribution in [0.4, 0.5) is 0 Å². The maximum absolute atomic E-state index is 2.29. The van der Waals surface area contributed by atoms with Crippen LogP contribution in [0.5, 0.6) is 0 Å². The Morgan fingerprint density at radius 2 is 1.82 bits per heavy atom. The van der Waals surface area contributed by atoms with Crippen LogP contribution in [-0.4, -0.2) is 0 Å². The largest absolute Gasteiger partial charge is 0.0654 e. The second kappa shape index (κ2) is 4.17. The van der Waals surface area contributed by atoms with Crippen molar-refractivity contribution in [2.75, 3.05) is 0 Å². The third-order valence-corrected chi connectivity index (χ3v) is 2.09. The molecule has 1 atom stereocenters. The van der Waals surface area contributed by atoms with E-state index in [-0.39, 0.29) is 0 Å². The lowest BCUT2D eigenvalue weighted by Crippen LogP contribution is -1.91. The first-order valence-corrected chi connectivity index (χ1v) is 4.39. The molecule has 0 saturated heterocycles. The highest BCUT2D eigenvalue weighted by atomic mass is 14.1. The van der Waals surface area contributed by atoms with Crippen LogP contribution in [0.1, 0.15) is 38.2 Å². The van der Waals surface area contributed by atoms with Gasteiger partial charge in [-0.25, -0.2) is 0 Å². The molecule has 0 aliphatic heterocycles. The maximum Gasteiger partial charge on any atom is -0.0190 e. The SMILES string of the molecule is CCC[C@@H](C)c1ccccc1. The molecule has 1 aromatic rings. The summed E-state index contributed by atoms with van der Waals surface area (Å²) in [6, 6.07) is 10.7. The zero-order valence-corrected chi connectivity index (χ0v) is 7.38. The van der Waals surface area contributed by atoms with Gasteiger partial charge in [-0.05, 0) is 17.9 Å². The lowest BCUT2D eigenvalue weighted by molar-refractivity contribution is 0.665. The Balaban J connectivity index is 2.61. The number of hydrogen-bond acceptors (Lipinski definition) is 0. The van der Waals surface area contributed by atoms with E-state index in [9.17, 15) is 0 Å². The number of hydrogen-bond donors (Lipinski definition) is 0. The van der Waals surface area contributed by atoms with Gasteiger partial charge in [0.05, 0.1) is 0 Å². The van der Waals surface area contributed by atoms with Crippen LogP contribution in [0, 0.1) is 0 Å². The number of benzene rings is 1. The van der Waals surface area contributed by atoms with Gasteiger partial charge >= 0.3 is 0 Å². The molecule has 0 spiro atoms. The molecule has 0 aliphatic rings. The summed E-state index contributed by atoms with van der Waals surface area (Å²) in [7, 11) is 0. The average Bonchev–Trinajstić information content (AvgIpc) is 2.07. The minimum absolute atomic E-state index is 0.723. The molecule has 0 amide bonds. The average molecular weight is 148 g/mol. The van der Waals surface area contributed by atoms with Crippen molar-refractivity contribution >= 4 is 0 Å². The van der Waals surface area contributed by atoms with Crippen LogP contribution in [0.25, 0.3) is 0 Å². The van der Waals surface area contributed by atoms with E-state index in [2.05, 4.69) is 44.2 Å². The molecule has 1 aromatic carbocycles. The molecule has 0 radical (unpaired) electrons. The summed E-state index contributed by atoms with van der Waals surface area (Å²) in [6.45, 7) is 4.53. The Kier molecular flexibility index (Phi) is 3.15. The fraction of sp³-hybridized carbons (Fsp3) is 0.455. The summed E-state index contributed by atoms with van der Waals surface area (Å²) < 4.78 is 0. The van der Waals surface area contributed by atoms with E-state index in [1.54, 1.807) is 0 Å². The molecule has 0 fully saturated rings. The third kappa shape index (κ3) is 2.38. The Labute approximate surface area is 69.3 Å². The van der Waals surface area contributed by atoms with Gasteiger partial charge in [-0.1, -0.05) is 50.6 Å². The number of rotatable bonds is 3. The van der Waals surface area contributed by atoms with Crippen molar-refractivity contribution in [3.05, 3.63) is 35.9 Å². The van der Waals surface area contributed by atoms with E-state index < -0.39 is 0 Å². The van der Waals surface area contributed by atoms with Gasteiger partial charge in [0.1, 0.15) is 0 Å². The highest BCUT2D eigenvalue weighted by Gasteiger charge is 2.01. The third-order valence-electron chi connectivity index (χ3n) is 2.09. The fourth-order valence-corrected chi connectivity index (χ4v) is 1.38. The van der Waals surface area contributed by atoms with Crippen molar-refractivity contribution < 1.29 is 0 Å². The zero-order chi connectivity index (χ0) is 8.10. The van der Waals surface area contributed by atoms with E-state index in [1.165, 1.54) is 18.4 Å². The van der Waals surface area contributed by atoms with Gasteiger partial charge < -0.3 is 0 Å². The molecular formula is C11H16. The maximum atomic E-state index is 2.29. The molecule has 0 bridgehead atoms. The first-order valence-electron chi connectivity index (χ1n) is 4.39. The quantitative estimate of drug-likeness (QED) is 0.614. The van der Waals surface area contributed by atoms with Crippen molar-refractivity contribution in [1.82, 2.24) is 0 Å². The van der Waals surface area contributed by atoms with E-state index in [0.29, 0.717) is 0 Å². The molecule has 0 saturated carbocycles. The minimum atomic E-state index is 0.723. The van der Waals surface area contributed by atoms with Crippen LogP contribution in [0.3, 0.4) is 0 Å².